The van der Waals surface area contributed by atoms with Gasteiger partial charge in [-0.2, -0.15) is 0 Å². The van der Waals surface area contributed by atoms with Crippen molar-refractivity contribution in [3.63, 3.8) is 0 Å². The third-order valence-corrected chi connectivity index (χ3v) is 1.44. The van der Waals surface area contributed by atoms with Crippen LogP contribution in [-0.2, 0) is 0 Å². The van der Waals surface area contributed by atoms with Crippen LogP contribution in [0.1, 0.15) is 34.6 Å². The molecule has 0 aliphatic rings. The van der Waals surface area contributed by atoms with Gasteiger partial charge in [0.2, 0.25) is 0 Å². The molecule has 102 valence electrons. The summed E-state index contributed by atoms with van der Waals surface area (Å²) in [6.07, 6.45) is 10.6. The average molecular weight is 248 g/mol. The van der Waals surface area contributed by atoms with Gasteiger partial charge in [0.15, 0.2) is 0 Å². The third kappa shape index (κ3) is 12.4. The van der Waals surface area contributed by atoms with Crippen LogP contribution in [0.25, 0.3) is 0 Å². The van der Waals surface area contributed by atoms with Crippen molar-refractivity contribution in [2.75, 3.05) is 7.05 Å². The number of rotatable bonds is 5. The molecular weight excluding hydrogens is 220 g/mol. The van der Waals surface area contributed by atoms with E-state index in [2.05, 4.69) is 23.1 Å². The Balaban J connectivity index is -0.000000506. The smallest absolute Gasteiger partial charge is 0.0877 e. The predicted octanol–water partition coefficient (Wildman–Crippen LogP) is 5.01. The lowest BCUT2D eigenvalue weighted by Gasteiger charge is -1.99. The van der Waals surface area contributed by atoms with Crippen molar-refractivity contribution in [2.45, 2.75) is 34.6 Å². The maximum Gasteiger partial charge on any atom is 0.0877 e. The molecule has 0 aliphatic heterocycles. The maximum atomic E-state index is 4.19. The van der Waals surface area contributed by atoms with Gasteiger partial charge in [-0.25, -0.2) is 0 Å². The standard InChI is InChI=1S/C12H16N2.2C2H6/c1-5-8-10-11(13-4)12(9-6-2)14-7-3;2*1-2/h5-10H,1-2H2,3-4H3;2*1-2H3/b10-8-,12-9-,13-11?,14-7?;;. The molecule has 0 aromatic heterocycles. The van der Waals surface area contributed by atoms with Gasteiger partial charge in [0.05, 0.1) is 11.4 Å². The molecule has 0 unspecified atom stereocenters. The summed E-state index contributed by atoms with van der Waals surface area (Å²) in [5, 5.41) is 0. The first-order valence-corrected chi connectivity index (χ1v) is 6.37. The van der Waals surface area contributed by atoms with E-state index in [1.165, 1.54) is 0 Å². The van der Waals surface area contributed by atoms with Crippen molar-refractivity contribution in [2.24, 2.45) is 9.98 Å². The van der Waals surface area contributed by atoms with Crippen molar-refractivity contribution >= 4 is 11.9 Å². The van der Waals surface area contributed by atoms with Crippen molar-refractivity contribution in [1.82, 2.24) is 0 Å². The number of allylic oxidation sites excluding steroid dienone is 5. The summed E-state index contributed by atoms with van der Waals surface area (Å²) < 4.78 is 0. The first kappa shape index (κ1) is 21.6. The van der Waals surface area contributed by atoms with E-state index in [-0.39, 0.29) is 0 Å². The number of hydrogen-bond acceptors (Lipinski definition) is 2. The summed E-state index contributed by atoms with van der Waals surface area (Å²) in [4.78, 5) is 8.30. The van der Waals surface area contributed by atoms with E-state index in [4.69, 9.17) is 0 Å². The fourth-order valence-corrected chi connectivity index (χ4v) is 0.879. The molecule has 0 saturated carbocycles. The topological polar surface area (TPSA) is 24.7 Å². The van der Waals surface area contributed by atoms with Crippen LogP contribution in [0, 0.1) is 0 Å². The molecule has 0 amide bonds. The monoisotopic (exact) mass is 248 g/mol. The van der Waals surface area contributed by atoms with Crippen molar-refractivity contribution in [3.8, 4) is 0 Å². The van der Waals surface area contributed by atoms with Crippen LogP contribution in [0.3, 0.4) is 0 Å². The van der Waals surface area contributed by atoms with E-state index in [9.17, 15) is 0 Å². The minimum absolute atomic E-state index is 0.795. The summed E-state index contributed by atoms with van der Waals surface area (Å²) in [5.41, 5.74) is 1.60. The lowest BCUT2D eigenvalue weighted by molar-refractivity contribution is 1.38. The van der Waals surface area contributed by atoms with Crippen molar-refractivity contribution < 1.29 is 0 Å². The van der Waals surface area contributed by atoms with Crippen LogP contribution in [0.4, 0.5) is 0 Å². The zero-order chi connectivity index (χ0) is 14.8. The minimum atomic E-state index is 0.795. The number of nitrogens with zero attached hydrogens (tertiary/aromatic N) is 2. The Morgan fingerprint density at radius 3 is 1.89 bits per heavy atom. The molecule has 2 nitrogen and oxygen atoms in total. The third-order valence-electron chi connectivity index (χ3n) is 1.44. The van der Waals surface area contributed by atoms with Gasteiger partial charge in [-0.3, -0.25) is 9.98 Å². The van der Waals surface area contributed by atoms with E-state index >= 15 is 0 Å². The Morgan fingerprint density at radius 1 is 1.00 bits per heavy atom. The summed E-state index contributed by atoms with van der Waals surface area (Å²) in [6.45, 7) is 17.1. The van der Waals surface area contributed by atoms with Gasteiger partial charge < -0.3 is 0 Å². The molecule has 0 spiro atoms. The maximum absolute atomic E-state index is 4.19. The molecule has 0 aliphatic carbocycles. The van der Waals surface area contributed by atoms with Gasteiger partial charge in [0.1, 0.15) is 0 Å². The lowest BCUT2D eigenvalue weighted by Crippen LogP contribution is -1.96. The molecule has 0 fully saturated rings. The number of aliphatic imine (C=N–C) groups is 2. The molecule has 0 radical (unpaired) electrons. The fourth-order valence-electron chi connectivity index (χ4n) is 0.879. The van der Waals surface area contributed by atoms with Crippen LogP contribution >= 0.6 is 0 Å². The largest absolute Gasteiger partial charge is 0.286 e. The van der Waals surface area contributed by atoms with E-state index < -0.39 is 0 Å². The van der Waals surface area contributed by atoms with E-state index in [1.54, 1.807) is 25.4 Å². The zero-order valence-corrected chi connectivity index (χ0v) is 12.8. The average Bonchev–Trinajstić information content (AvgIpc) is 2.44. The second-order valence-electron chi connectivity index (χ2n) is 2.38. The van der Waals surface area contributed by atoms with E-state index in [0.717, 1.165) is 11.4 Å². The normalized spacial score (nSPS) is 11.4. The van der Waals surface area contributed by atoms with Gasteiger partial charge in [-0.15, -0.1) is 0 Å². The molecule has 18 heavy (non-hydrogen) atoms. The van der Waals surface area contributed by atoms with Crippen LogP contribution in [-0.4, -0.2) is 19.0 Å². The fraction of sp³-hybridized carbons (Fsp3) is 0.375. The molecule has 0 aromatic carbocycles. The molecule has 0 heterocycles. The molecular formula is C16H28N2. The predicted molar refractivity (Wildman–Crippen MR) is 87.8 cm³/mol. The highest BCUT2D eigenvalue weighted by atomic mass is 14.8. The van der Waals surface area contributed by atoms with E-state index in [1.807, 2.05) is 52.8 Å². The highest BCUT2D eigenvalue weighted by molar-refractivity contribution is 6.09. The van der Waals surface area contributed by atoms with Gasteiger partial charge in [0, 0.05) is 13.3 Å². The van der Waals surface area contributed by atoms with Crippen LogP contribution < -0.4 is 0 Å². The second-order valence-corrected chi connectivity index (χ2v) is 2.38. The summed E-state index contributed by atoms with van der Waals surface area (Å²) in [6, 6.07) is 0. The van der Waals surface area contributed by atoms with Crippen LogP contribution in [0.5, 0.6) is 0 Å². The van der Waals surface area contributed by atoms with Gasteiger partial charge in [-0.05, 0) is 19.1 Å². The number of hydrogen-bond donors (Lipinski definition) is 0. The van der Waals surface area contributed by atoms with Crippen molar-refractivity contribution in [3.05, 3.63) is 49.2 Å². The zero-order valence-electron chi connectivity index (χ0n) is 12.8. The molecule has 0 saturated heterocycles. The SMILES string of the molecule is C=C/C=C\C(=NC)/C(=C/C=C)N=CC.CC.CC. The molecule has 0 aromatic rings. The van der Waals surface area contributed by atoms with Gasteiger partial charge in [0.25, 0.3) is 0 Å². The summed E-state index contributed by atoms with van der Waals surface area (Å²) >= 11 is 0. The first-order valence-electron chi connectivity index (χ1n) is 6.37. The Morgan fingerprint density at radius 2 is 1.56 bits per heavy atom. The molecule has 0 bridgehead atoms. The quantitative estimate of drug-likeness (QED) is 0.482. The molecule has 2 heteroatoms. The first-order chi connectivity index (χ1) is 8.79. The Bertz CT molecular complexity index is 305. The lowest BCUT2D eigenvalue weighted by atomic mass is 10.2. The van der Waals surface area contributed by atoms with Gasteiger partial charge >= 0.3 is 0 Å². The minimum Gasteiger partial charge on any atom is -0.286 e. The van der Waals surface area contributed by atoms with Crippen LogP contribution in [0.15, 0.2) is 59.2 Å². The second kappa shape index (κ2) is 20.7. The highest BCUT2D eigenvalue weighted by Crippen LogP contribution is 2.02. The van der Waals surface area contributed by atoms with E-state index in [0.29, 0.717) is 0 Å². The molecule has 0 N–H and O–H groups in total. The highest BCUT2D eigenvalue weighted by Gasteiger charge is 1.97. The Labute approximate surface area is 113 Å². The Kier molecular flexibility index (Phi) is 24.8. The van der Waals surface area contributed by atoms with Gasteiger partial charge in [-0.1, -0.05) is 59.1 Å². The Hall–Kier alpha value is -1.70. The summed E-state index contributed by atoms with van der Waals surface area (Å²) in [7, 11) is 1.73. The van der Waals surface area contributed by atoms with Crippen LogP contribution in [0.2, 0.25) is 0 Å². The summed E-state index contributed by atoms with van der Waals surface area (Å²) in [5.74, 6) is 0. The molecule has 0 rings (SSSR count). The molecule has 0 atom stereocenters. The van der Waals surface area contributed by atoms with Crippen molar-refractivity contribution in [1.29, 1.82) is 0 Å².